The quantitative estimate of drug-likeness (QED) is 0.598. The summed E-state index contributed by atoms with van der Waals surface area (Å²) in [6.07, 6.45) is 5.60. The molecular weight excluding hydrogens is 248 g/mol. The summed E-state index contributed by atoms with van der Waals surface area (Å²) in [5.41, 5.74) is 6.38. The third-order valence-corrected chi connectivity index (χ3v) is 3.01. The smallest absolute Gasteiger partial charge is 0.227 e. The number of nitrogens with one attached hydrogen (secondary N) is 1. The first-order valence-corrected chi connectivity index (χ1v) is 6.50. The van der Waals surface area contributed by atoms with Gasteiger partial charge in [-0.1, -0.05) is 12.0 Å². The molecule has 0 aromatic heterocycles. The highest BCUT2D eigenvalue weighted by Gasteiger charge is 2.03. The van der Waals surface area contributed by atoms with E-state index in [1.54, 1.807) is 24.3 Å². The van der Waals surface area contributed by atoms with Gasteiger partial charge < -0.3 is 11.1 Å². The summed E-state index contributed by atoms with van der Waals surface area (Å²) in [6, 6.07) is 7.08. The van der Waals surface area contributed by atoms with E-state index < -0.39 is 0 Å². The second-order valence-corrected chi connectivity index (χ2v) is 4.65. The molecule has 0 atom stereocenters. The Bertz CT molecular complexity index is 480. The van der Waals surface area contributed by atoms with Gasteiger partial charge in [0.15, 0.2) is 0 Å². The van der Waals surface area contributed by atoms with Crippen molar-refractivity contribution < 1.29 is 9.59 Å². The van der Waals surface area contributed by atoms with E-state index in [2.05, 4.69) is 11.2 Å². The van der Waals surface area contributed by atoms with Gasteiger partial charge >= 0.3 is 0 Å². The first-order valence-electron chi connectivity index (χ1n) is 5.34. The van der Waals surface area contributed by atoms with Gasteiger partial charge in [-0.2, -0.15) is 11.8 Å². The van der Waals surface area contributed by atoms with Gasteiger partial charge in [0, 0.05) is 23.4 Å². The first-order chi connectivity index (χ1) is 8.61. The van der Waals surface area contributed by atoms with Crippen LogP contribution in [0.15, 0.2) is 24.3 Å². The van der Waals surface area contributed by atoms with Crippen LogP contribution >= 0.6 is 11.8 Å². The van der Waals surface area contributed by atoms with Crippen LogP contribution in [0.1, 0.15) is 12.0 Å². The van der Waals surface area contributed by atoms with Crippen molar-refractivity contribution >= 4 is 29.3 Å². The molecule has 0 aliphatic carbocycles. The molecule has 0 saturated carbocycles. The highest BCUT2D eigenvalue weighted by Crippen LogP contribution is 2.10. The molecule has 0 spiro atoms. The first kappa shape index (κ1) is 14.1. The van der Waals surface area contributed by atoms with Crippen LogP contribution in [0.25, 0.3) is 0 Å². The maximum absolute atomic E-state index is 11.6. The van der Waals surface area contributed by atoms with Crippen molar-refractivity contribution in [1.82, 2.24) is 0 Å². The minimum Gasteiger partial charge on any atom is -0.369 e. The fraction of sp³-hybridized carbons (Fsp3) is 0.231. The van der Waals surface area contributed by atoms with E-state index in [4.69, 9.17) is 12.2 Å². The van der Waals surface area contributed by atoms with E-state index in [9.17, 15) is 9.59 Å². The van der Waals surface area contributed by atoms with Crippen molar-refractivity contribution in [3.05, 3.63) is 29.8 Å². The minimum atomic E-state index is -0.373. The molecular formula is C13H14N2O2S. The number of nitrogens with two attached hydrogens (primary N) is 1. The SMILES string of the molecule is C#Cc1cccc(NC(=O)CCSCC(N)=O)c1. The van der Waals surface area contributed by atoms with Gasteiger partial charge in [-0.15, -0.1) is 6.42 Å². The van der Waals surface area contributed by atoms with Crippen LogP contribution < -0.4 is 11.1 Å². The topological polar surface area (TPSA) is 72.2 Å². The molecule has 4 nitrogen and oxygen atoms in total. The third kappa shape index (κ3) is 5.41. The molecule has 94 valence electrons. The van der Waals surface area contributed by atoms with Crippen molar-refractivity contribution in [3.8, 4) is 12.3 Å². The van der Waals surface area contributed by atoms with Crippen molar-refractivity contribution in [3.63, 3.8) is 0 Å². The van der Waals surface area contributed by atoms with E-state index in [0.29, 0.717) is 17.9 Å². The molecule has 0 fully saturated rings. The third-order valence-electron chi connectivity index (χ3n) is 2.03. The predicted octanol–water partition coefficient (Wildman–Crippen LogP) is 1.22. The summed E-state index contributed by atoms with van der Waals surface area (Å²) in [6.45, 7) is 0. The molecule has 0 aliphatic rings. The number of carbonyl (C=O) groups excluding carboxylic acids is 2. The highest BCUT2D eigenvalue weighted by molar-refractivity contribution is 7.99. The predicted molar refractivity (Wildman–Crippen MR) is 74.1 cm³/mol. The average molecular weight is 262 g/mol. The monoisotopic (exact) mass is 262 g/mol. The summed E-state index contributed by atoms with van der Waals surface area (Å²) in [5, 5.41) is 2.74. The van der Waals surface area contributed by atoms with Crippen LogP contribution in [0, 0.1) is 12.3 Å². The van der Waals surface area contributed by atoms with Crippen LogP contribution in [0.2, 0.25) is 0 Å². The molecule has 5 heteroatoms. The zero-order valence-electron chi connectivity index (χ0n) is 9.81. The van der Waals surface area contributed by atoms with Gasteiger partial charge in [-0.3, -0.25) is 9.59 Å². The van der Waals surface area contributed by atoms with Crippen LogP contribution in [0.5, 0.6) is 0 Å². The summed E-state index contributed by atoms with van der Waals surface area (Å²) < 4.78 is 0. The number of hydrogen-bond acceptors (Lipinski definition) is 3. The molecule has 3 N–H and O–H groups in total. The van der Waals surface area contributed by atoms with E-state index >= 15 is 0 Å². The Labute approximate surface area is 110 Å². The number of amides is 2. The number of carbonyl (C=O) groups is 2. The van der Waals surface area contributed by atoms with E-state index in [0.717, 1.165) is 5.56 Å². The molecule has 0 saturated heterocycles. The molecule has 0 bridgehead atoms. The average Bonchev–Trinajstić information content (AvgIpc) is 2.34. The van der Waals surface area contributed by atoms with Crippen LogP contribution in [-0.4, -0.2) is 23.3 Å². The molecule has 2 amide bonds. The fourth-order valence-electron chi connectivity index (χ4n) is 1.25. The lowest BCUT2D eigenvalue weighted by atomic mass is 10.2. The second-order valence-electron chi connectivity index (χ2n) is 3.54. The normalized spacial score (nSPS) is 9.50. The maximum Gasteiger partial charge on any atom is 0.227 e. The number of rotatable bonds is 6. The van der Waals surface area contributed by atoms with Crippen LogP contribution in [-0.2, 0) is 9.59 Å². The number of benzene rings is 1. The lowest BCUT2D eigenvalue weighted by Gasteiger charge is -2.05. The van der Waals surface area contributed by atoms with Gasteiger partial charge in [0.05, 0.1) is 5.75 Å². The molecule has 0 heterocycles. The summed E-state index contributed by atoms with van der Waals surface area (Å²) in [5.74, 6) is 2.81. The Kier molecular flexibility index (Phi) is 5.81. The number of terminal acetylenes is 1. The maximum atomic E-state index is 11.6. The largest absolute Gasteiger partial charge is 0.369 e. The zero-order chi connectivity index (χ0) is 13.4. The van der Waals surface area contributed by atoms with E-state index in [-0.39, 0.29) is 17.6 Å². The van der Waals surface area contributed by atoms with Gasteiger partial charge in [0.25, 0.3) is 0 Å². The Morgan fingerprint density at radius 2 is 2.22 bits per heavy atom. The molecule has 0 radical (unpaired) electrons. The van der Waals surface area contributed by atoms with Gasteiger partial charge in [0.2, 0.25) is 11.8 Å². The Balaban J connectivity index is 2.35. The minimum absolute atomic E-state index is 0.110. The van der Waals surface area contributed by atoms with Gasteiger partial charge in [-0.25, -0.2) is 0 Å². The molecule has 0 aliphatic heterocycles. The van der Waals surface area contributed by atoms with Gasteiger partial charge in [0.1, 0.15) is 0 Å². The molecule has 1 aromatic carbocycles. The van der Waals surface area contributed by atoms with Crippen LogP contribution in [0.3, 0.4) is 0 Å². The van der Waals surface area contributed by atoms with E-state index in [1.165, 1.54) is 11.8 Å². The second kappa shape index (κ2) is 7.41. The van der Waals surface area contributed by atoms with E-state index in [1.807, 2.05) is 0 Å². The number of thioether (sulfide) groups is 1. The summed E-state index contributed by atoms with van der Waals surface area (Å²) in [4.78, 5) is 22.1. The summed E-state index contributed by atoms with van der Waals surface area (Å²) >= 11 is 1.34. The van der Waals surface area contributed by atoms with Crippen molar-refractivity contribution in [1.29, 1.82) is 0 Å². The van der Waals surface area contributed by atoms with Crippen molar-refractivity contribution in [2.24, 2.45) is 5.73 Å². The molecule has 1 rings (SSSR count). The summed E-state index contributed by atoms with van der Waals surface area (Å²) in [7, 11) is 0. The zero-order valence-corrected chi connectivity index (χ0v) is 10.6. The molecule has 1 aromatic rings. The fourth-order valence-corrected chi connectivity index (χ4v) is 1.92. The molecule has 0 unspecified atom stereocenters. The van der Waals surface area contributed by atoms with Crippen molar-refractivity contribution in [2.45, 2.75) is 6.42 Å². The Morgan fingerprint density at radius 3 is 2.89 bits per heavy atom. The lowest BCUT2D eigenvalue weighted by molar-refractivity contribution is -0.116. The Hall–Kier alpha value is -1.93. The number of anilines is 1. The van der Waals surface area contributed by atoms with Crippen molar-refractivity contribution in [2.75, 3.05) is 16.8 Å². The van der Waals surface area contributed by atoms with Crippen LogP contribution in [0.4, 0.5) is 5.69 Å². The highest BCUT2D eigenvalue weighted by atomic mass is 32.2. The van der Waals surface area contributed by atoms with Gasteiger partial charge in [-0.05, 0) is 18.2 Å². The standard InChI is InChI=1S/C13H14N2O2S/c1-2-10-4-3-5-11(8-10)15-13(17)6-7-18-9-12(14)16/h1,3-5,8H,6-7,9H2,(H2,14,16)(H,15,17). The Morgan fingerprint density at radius 1 is 1.44 bits per heavy atom. The number of hydrogen-bond donors (Lipinski definition) is 2. The number of primary amides is 1. The lowest BCUT2D eigenvalue weighted by Crippen LogP contribution is -2.15. The molecule has 18 heavy (non-hydrogen) atoms.